The van der Waals surface area contributed by atoms with Crippen molar-refractivity contribution in [2.75, 3.05) is 19.3 Å². The first-order valence-corrected chi connectivity index (χ1v) is 8.53. The molecule has 128 valence electrons. The van der Waals surface area contributed by atoms with Crippen molar-refractivity contribution >= 4 is 35.8 Å². The van der Waals surface area contributed by atoms with Crippen LogP contribution in [0.25, 0.3) is 0 Å². The number of hydrogen-bond donors (Lipinski definition) is 1. The summed E-state index contributed by atoms with van der Waals surface area (Å²) in [5.74, 6) is 0.302. The molecule has 0 radical (unpaired) electrons. The number of amides is 1. The Balaban J connectivity index is 0.00000264. The second-order valence-corrected chi connectivity index (χ2v) is 6.48. The van der Waals surface area contributed by atoms with Gasteiger partial charge in [-0.25, -0.2) is 0 Å². The van der Waals surface area contributed by atoms with Gasteiger partial charge in [0.15, 0.2) is 0 Å². The third-order valence-corrected chi connectivity index (χ3v) is 4.98. The Morgan fingerprint density at radius 1 is 1.43 bits per heavy atom. The summed E-state index contributed by atoms with van der Waals surface area (Å²) in [4.78, 5) is 25.5. The van der Waals surface area contributed by atoms with Crippen LogP contribution in [-0.4, -0.2) is 41.1 Å². The first-order valence-electron chi connectivity index (χ1n) is 7.31. The number of piperidine rings is 1. The lowest BCUT2D eigenvalue weighted by Crippen LogP contribution is -2.42. The predicted molar refractivity (Wildman–Crippen MR) is 94.4 cm³/mol. The van der Waals surface area contributed by atoms with E-state index in [1.165, 1.54) is 17.8 Å². The number of halogens is 1. The van der Waals surface area contributed by atoms with E-state index >= 15 is 0 Å². The number of nitro groups is 1. The minimum Gasteiger partial charge on any atom is -0.339 e. The molecule has 1 saturated heterocycles. The Morgan fingerprint density at radius 2 is 2.04 bits per heavy atom. The Kier molecular flexibility index (Phi) is 7.31. The molecule has 1 aliphatic heterocycles. The Bertz CT molecular complexity index is 575. The van der Waals surface area contributed by atoms with E-state index in [1.54, 1.807) is 23.3 Å². The summed E-state index contributed by atoms with van der Waals surface area (Å²) in [6, 6.07) is 4.83. The Hall–Kier alpha value is -1.31. The van der Waals surface area contributed by atoms with Crippen LogP contribution in [0.1, 0.15) is 30.1 Å². The van der Waals surface area contributed by atoms with E-state index in [4.69, 9.17) is 5.73 Å². The summed E-state index contributed by atoms with van der Waals surface area (Å²) in [5.41, 5.74) is 6.27. The molecular formula is C15H22ClN3O3S. The van der Waals surface area contributed by atoms with E-state index in [-0.39, 0.29) is 30.0 Å². The number of hydrogen-bond acceptors (Lipinski definition) is 5. The number of carbonyl (C=O) groups is 1. The lowest BCUT2D eigenvalue weighted by Gasteiger charge is -2.33. The molecule has 23 heavy (non-hydrogen) atoms. The fourth-order valence-electron chi connectivity index (χ4n) is 2.78. The summed E-state index contributed by atoms with van der Waals surface area (Å²) >= 11 is 1.30. The molecule has 8 heteroatoms. The summed E-state index contributed by atoms with van der Waals surface area (Å²) in [5, 5.41) is 11.1. The van der Waals surface area contributed by atoms with Crippen molar-refractivity contribution in [1.82, 2.24) is 4.90 Å². The minimum absolute atomic E-state index is 0. The van der Waals surface area contributed by atoms with Crippen molar-refractivity contribution in [3.8, 4) is 0 Å². The van der Waals surface area contributed by atoms with Crippen molar-refractivity contribution in [3.63, 3.8) is 0 Å². The number of carbonyl (C=O) groups excluding carboxylic acids is 1. The van der Waals surface area contributed by atoms with Crippen LogP contribution in [0.3, 0.4) is 0 Å². The summed E-state index contributed by atoms with van der Waals surface area (Å²) in [6.07, 6.45) is 3.55. The second kappa shape index (κ2) is 8.52. The van der Waals surface area contributed by atoms with Crippen molar-refractivity contribution in [2.24, 2.45) is 11.7 Å². The lowest BCUT2D eigenvalue weighted by molar-refractivity contribution is -0.387. The summed E-state index contributed by atoms with van der Waals surface area (Å²) < 4.78 is 0. The molecule has 6 nitrogen and oxygen atoms in total. The van der Waals surface area contributed by atoms with E-state index in [0.29, 0.717) is 29.5 Å². The third-order valence-electron chi connectivity index (χ3n) is 4.19. The number of thioether (sulfide) groups is 1. The van der Waals surface area contributed by atoms with Gasteiger partial charge in [0.25, 0.3) is 11.6 Å². The molecule has 0 saturated carbocycles. The average molecular weight is 360 g/mol. The molecule has 1 fully saturated rings. The highest BCUT2D eigenvalue weighted by atomic mass is 35.5. The normalized spacial score (nSPS) is 16.6. The number of benzene rings is 1. The molecule has 1 heterocycles. The fraction of sp³-hybridized carbons (Fsp3) is 0.533. The van der Waals surface area contributed by atoms with Gasteiger partial charge in [0.2, 0.25) is 0 Å². The summed E-state index contributed by atoms with van der Waals surface area (Å²) in [7, 11) is 0. The Labute approximate surface area is 146 Å². The molecule has 2 N–H and O–H groups in total. The monoisotopic (exact) mass is 359 g/mol. The SMILES string of the molecule is CSc1ccc(C(=O)N2CCC(C(C)N)CC2)cc1[N+](=O)[O-].Cl. The smallest absolute Gasteiger partial charge is 0.283 e. The van der Waals surface area contributed by atoms with E-state index in [2.05, 4.69) is 0 Å². The van der Waals surface area contributed by atoms with Gasteiger partial charge in [-0.15, -0.1) is 24.2 Å². The molecule has 0 bridgehead atoms. The van der Waals surface area contributed by atoms with Gasteiger partial charge in [-0.2, -0.15) is 0 Å². The number of nitro benzene ring substituents is 1. The van der Waals surface area contributed by atoms with Crippen LogP contribution in [0, 0.1) is 16.0 Å². The van der Waals surface area contributed by atoms with Gasteiger partial charge >= 0.3 is 0 Å². The van der Waals surface area contributed by atoms with E-state index < -0.39 is 4.92 Å². The molecule has 0 spiro atoms. The molecule has 1 amide bonds. The highest BCUT2D eigenvalue weighted by Crippen LogP contribution is 2.29. The molecule has 1 aromatic rings. The van der Waals surface area contributed by atoms with Crippen LogP contribution in [-0.2, 0) is 0 Å². The number of rotatable bonds is 4. The van der Waals surface area contributed by atoms with Gasteiger partial charge in [0.05, 0.1) is 9.82 Å². The van der Waals surface area contributed by atoms with Crippen LogP contribution in [0.15, 0.2) is 23.1 Å². The average Bonchev–Trinajstić information content (AvgIpc) is 2.53. The largest absolute Gasteiger partial charge is 0.339 e. The van der Waals surface area contributed by atoms with Crippen LogP contribution in [0.2, 0.25) is 0 Å². The van der Waals surface area contributed by atoms with Gasteiger partial charge in [0, 0.05) is 30.8 Å². The Morgan fingerprint density at radius 3 is 2.52 bits per heavy atom. The topological polar surface area (TPSA) is 89.5 Å². The van der Waals surface area contributed by atoms with Gasteiger partial charge in [-0.3, -0.25) is 14.9 Å². The summed E-state index contributed by atoms with van der Waals surface area (Å²) in [6.45, 7) is 3.30. The first kappa shape index (κ1) is 19.7. The van der Waals surface area contributed by atoms with Gasteiger partial charge in [-0.05, 0) is 44.1 Å². The highest BCUT2D eigenvalue weighted by Gasteiger charge is 2.26. The van der Waals surface area contributed by atoms with Crippen LogP contribution in [0.4, 0.5) is 5.69 Å². The van der Waals surface area contributed by atoms with E-state index in [1.807, 2.05) is 6.92 Å². The van der Waals surface area contributed by atoms with Gasteiger partial charge < -0.3 is 10.6 Å². The third kappa shape index (κ3) is 4.59. The quantitative estimate of drug-likeness (QED) is 0.507. The minimum atomic E-state index is -0.440. The zero-order chi connectivity index (χ0) is 16.3. The fourth-order valence-corrected chi connectivity index (χ4v) is 3.32. The maximum Gasteiger partial charge on any atom is 0.283 e. The van der Waals surface area contributed by atoms with E-state index in [0.717, 1.165) is 12.8 Å². The molecule has 1 aliphatic rings. The van der Waals surface area contributed by atoms with Crippen molar-refractivity contribution < 1.29 is 9.72 Å². The van der Waals surface area contributed by atoms with Crippen LogP contribution in [0.5, 0.6) is 0 Å². The molecule has 2 rings (SSSR count). The van der Waals surface area contributed by atoms with E-state index in [9.17, 15) is 14.9 Å². The molecule has 1 aromatic carbocycles. The van der Waals surface area contributed by atoms with Crippen molar-refractivity contribution in [2.45, 2.75) is 30.7 Å². The molecule has 1 atom stereocenters. The molecular weight excluding hydrogens is 338 g/mol. The van der Waals surface area contributed by atoms with Crippen molar-refractivity contribution in [1.29, 1.82) is 0 Å². The zero-order valence-corrected chi connectivity index (χ0v) is 14.9. The maximum absolute atomic E-state index is 12.5. The lowest BCUT2D eigenvalue weighted by atomic mass is 9.90. The van der Waals surface area contributed by atoms with Crippen molar-refractivity contribution in [3.05, 3.63) is 33.9 Å². The molecule has 0 aliphatic carbocycles. The predicted octanol–water partition coefficient (Wildman–Crippen LogP) is 2.94. The second-order valence-electron chi connectivity index (χ2n) is 5.63. The number of nitrogens with zero attached hydrogens (tertiary/aromatic N) is 2. The number of nitrogens with two attached hydrogens (primary N) is 1. The zero-order valence-electron chi connectivity index (χ0n) is 13.2. The molecule has 0 aromatic heterocycles. The highest BCUT2D eigenvalue weighted by molar-refractivity contribution is 7.98. The van der Waals surface area contributed by atoms with Crippen LogP contribution >= 0.6 is 24.2 Å². The van der Waals surface area contributed by atoms with Gasteiger partial charge in [0.1, 0.15) is 0 Å². The standard InChI is InChI=1S/C15H21N3O3S.ClH/c1-10(16)11-5-7-17(8-6-11)15(19)12-3-4-14(22-2)13(9-12)18(20)21;/h3-4,9-11H,5-8,16H2,1-2H3;1H. The first-order chi connectivity index (χ1) is 10.4. The van der Waals surface area contributed by atoms with Gasteiger partial charge in [-0.1, -0.05) is 0 Å². The maximum atomic E-state index is 12.5. The number of likely N-dealkylation sites (tertiary alicyclic amines) is 1. The molecule has 1 unspecified atom stereocenters. The van der Waals surface area contributed by atoms with Crippen LogP contribution < -0.4 is 5.73 Å².